The molecule has 0 aliphatic heterocycles. The highest BCUT2D eigenvalue weighted by Crippen LogP contribution is 2.32. The summed E-state index contributed by atoms with van der Waals surface area (Å²) in [5.74, 6) is 0. The smallest absolute Gasteiger partial charge is 0.137 e. The summed E-state index contributed by atoms with van der Waals surface area (Å²) in [6, 6.07) is 10.7. The second-order valence-electron chi connectivity index (χ2n) is 5.65. The minimum atomic E-state index is 0.894. The quantitative estimate of drug-likeness (QED) is 0.557. The Labute approximate surface area is 128 Å². The summed E-state index contributed by atoms with van der Waals surface area (Å²) in [5.41, 5.74) is 7.95. The zero-order valence-electron chi connectivity index (χ0n) is 12.6. The largest absolute Gasteiger partial charge is 0.472 e. The molecule has 0 aliphatic rings. The van der Waals surface area contributed by atoms with Crippen LogP contribution in [-0.2, 0) is 0 Å². The molecule has 0 atom stereocenters. The van der Waals surface area contributed by atoms with E-state index in [1.54, 1.807) is 12.5 Å². The predicted octanol–water partition coefficient (Wildman–Crippen LogP) is 5.11. The van der Waals surface area contributed by atoms with Gasteiger partial charge in [-0.1, -0.05) is 23.8 Å². The van der Waals surface area contributed by atoms with Gasteiger partial charge in [-0.05, 0) is 37.1 Å². The van der Waals surface area contributed by atoms with Crippen molar-refractivity contribution in [1.29, 1.82) is 0 Å². The van der Waals surface area contributed by atoms with Gasteiger partial charge in [0.25, 0.3) is 0 Å². The Bertz CT molecular complexity index is 949. The Morgan fingerprint density at radius 1 is 1.00 bits per heavy atom. The molecule has 4 rings (SSSR count). The second kappa shape index (κ2) is 4.88. The fourth-order valence-electron chi connectivity index (χ4n) is 2.85. The summed E-state index contributed by atoms with van der Waals surface area (Å²) >= 11 is 0. The topological polar surface area (TPSA) is 41.8 Å². The van der Waals surface area contributed by atoms with Crippen molar-refractivity contribution in [1.82, 2.24) is 9.97 Å². The van der Waals surface area contributed by atoms with Gasteiger partial charge >= 0.3 is 0 Å². The van der Waals surface area contributed by atoms with Crippen molar-refractivity contribution >= 4 is 11.0 Å². The third-order valence-electron chi connectivity index (χ3n) is 4.07. The van der Waals surface area contributed by atoms with E-state index in [0.717, 1.165) is 27.7 Å². The Hall–Kier alpha value is -2.81. The minimum Gasteiger partial charge on any atom is -0.472 e. The lowest BCUT2D eigenvalue weighted by atomic mass is 9.98. The van der Waals surface area contributed by atoms with Crippen molar-refractivity contribution in [2.75, 3.05) is 0 Å². The molecule has 1 aromatic carbocycles. The number of H-pyrrole nitrogens is 1. The zero-order chi connectivity index (χ0) is 15.1. The lowest BCUT2D eigenvalue weighted by molar-refractivity contribution is 0.568. The van der Waals surface area contributed by atoms with Gasteiger partial charge in [-0.25, -0.2) is 4.98 Å². The molecular formula is C19H16N2O. The van der Waals surface area contributed by atoms with Gasteiger partial charge in [-0.3, -0.25) is 0 Å². The fraction of sp³-hybridized carbons (Fsp3) is 0.105. The summed E-state index contributed by atoms with van der Waals surface area (Å²) < 4.78 is 5.20. The summed E-state index contributed by atoms with van der Waals surface area (Å²) in [5, 5.41) is 1.11. The number of aryl methyl sites for hydroxylation is 2. The van der Waals surface area contributed by atoms with E-state index in [0.29, 0.717) is 0 Å². The lowest BCUT2D eigenvalue weighted by Crippen LogP contribution is -1.87. The second-order valence-corrected chi connectivity index (χ2v) is 5.65. The molecule has 0 amide bonds. The minimum absolute atomic E-state index is 0.894. The van der Waals surface area contributed by atoms with Crippen molar-refractivity contribution in [3.8, 4) is 22.3 Å². The number of rotatable bonds is 2. The highest BCUT2D eigenvalue weighted by Gasteiger charge is 2.11. The maximum atomic E-state index is 5.20. The molecule has 4 aromatic rings. The van der Waals surface area contributed by atoms with E-state index in [1.165, 1.54) is 16.7 Å². The highest BCUT2D eigenvalue weighted by atomic mass is 16.3. The van der Waals surface area contributed by atoms with Crippen LogP contribution in [-0.4, -0.2) is 9.97 Å². The average Bonchev–Trinajstić information content (AvgIpc) is 3.17. The van der Waals surface area contributed by atoms with Crippen molar-refractivity contribution in [2.45, 2.75) is 13.8 Å². The summed E-state index contributed by atoms with van der Waals surface area (Å²) in [6.45, 7) is 4.25. The standard InChI is InChI=1S/C19H16N2O/c1-12-3-4-13(2)16(7-12)15-8-17-18(14-5-6-22-11-14)10-21-19(17)20-9-15/h3-11H,1-2H3,(H,20,21). The van der Waals surface area contributed by atoms with Crippen LogP contribution in [0.2, 0.25) is 0 Å². The molecule has 0 fully saturated rings. The number of nitrogens with zero attached hydrogens (tertiary/aromatic N) is 1. The van der Waals surface area contributed by atoms with Crippen LogP contribution in [0.1, 0.15) is 11.1 Å². The fourth-order valence-corrected chi connectivity index (χ4v) is 2.85. The van der Waals surface area contributed by atoms with E-state index in [-0.39, 0.29) is 0 Å². The molecule has 1 N–H and O–H groups in total. The summed E-state index contributed by atoms with van der Waals surface area (Å²) in [7, 11) is 0. The summed E-state index contributed by atoms with van der Waals surface area (Å²) in [4.78, 5) is 7.80. The molecule has 3 heteroatoms. The van der Waals surface area contributed by atoms with Crippen LogP contribution >= 0.6 is 0 Å². The van der Waals surface area contributed by atoms with Crippen LogP contribution in [0.15, 0.2) is 59.7 Å². The van der Waals surface area contributed by atoms with Crippen LogP contribution in [0, 0.1) is 13.8 Å². The molecule has 0 spiro atoms. The first-order valence-corrected chi connectivity index (χ1v) is 7.30. The number of benzene rings is 1. The number of fused-ring (bicyclic) bond motifs is 1. The summed E-state index contributed by atoms with van der Waals surface area (Å²) in [6.07, 6.45) is 7.36. The SMILES string of the molecule is Cc1ccc(C)c(-c2cnc3[nH]cc(-c4ccoc4)c3c2)c1. The van der Waals surface area contributed by atoms with Gasteiger partial charge in [-0.15, -0.1) is 0 Å². The van der Waals surface area contributed by atoms with Gasteiger partial charge in [0.05, 0.1) is 12.5 Å². The van der Waals surface area contributed by atoms with E-state index >= 15 is 0 Å². The number of aromatic nitrogens is 2. The molecule has 0 saturated carbocycles. The van der Waals surface area contributed by atoms with Crippen LogP contribution in [0.25, 0.3) is 33.3 Å². The third-order valence-corrected chi connectivity index (χ3v) is 4.07. The van der Waals surface area contributed by atoms with E-state index in [9.17, 15) is 0 Å². The van der Waals surface area contributed by atoms with Gasteiger partial charge in [0, 0.05) is 34.5 Å². The van der Waals surface area contributed by atoms with E-state index in [4.69, 9.17) is 4.42 Å². The van der Waals surface area contributed by atoms with Gasteiger partial charge in [0.2, 0.25) is 0 Å². The molecule has 0 radical (unpaired) electrons. The molecule has 0 unspecified atom stereocenters. The van der Waals surface area contributed by atoms with E-state index in [2.05, 4.69) is 48.1 Å². The van der Waals surface area contributed by atoms with Crippen molar-refractivity contribution in [3.05, 3.63) is 66.4 Å². The number of hydrogen-bond acceptors (Lipinski definition) is 2. The molecule has 0 bridgehead atoms. The van der Waals surface area contributed by atoms with E-state index < -0.39 is 0 Å². The van der Waals surface area contributed by atoms with Crippen molar-refractivity contribution in [2.24, 2.45) is 0 Å². The number of aromatic amines is 1. The number of hydrogen-bond donors (Lipinski definition) is 1. The van der Waals surface area contributed by atoms with Gasteiger partial charge in [-0.2, -0.15) is 0 Å². The first-order valence-electron chi connectivity index (χ1n) is 7.30. The Kier molecular flexibility index (Phi) is 2.86. The van der Waals surface area contributed by atoms with Gasteiger partial charge < -0.3 is 9.40 Å². The highest BCUT2D eigenvalue weighted by molar-refractivity contribution is 5.95. The monoisotopic (exact) mass is 288 g/mol. The third kappa shape index (κ3) is 2.02. The number of furan rings is 1. The predicted molar refractivity (Wildman–Crippen MR) is 88.7 cm³/mol. The van der Waals surface area contributed by atoms with Gasteiger partial charge in [0.1, 0.15) is 5.65 Å². The first kappa shape index (κ1) is 12.9. The Morgan fingerprint density at radius 3 is 2.73 bits per heavy atom. The van der Waals surface area contributed by atoms with Crippen LogP contribution in [0.5, 0.6) is 0 Å². The molecule has 108 valence electrons. The van der Waals surface area contributed by atoms with Crippen molar-refractivity contribution in [3.63, 3.8) is 0 Å². The molecule has 3 nitrogen and oxygen atoms in total. The Balaban J connectivity index is 1.93. The molecule has 0 aliphatic carbocycles. The van der Waals surface area contributed by atoms with E-state index in [1.807, 2.05) is 18.5 Å². The lowest BCUT2D eigenvalue weighted by Gasteiger charge is -2.07. The van der Waals surface area contributed by atoms with Crippen LogP contribution in [0.4, 0.5) is 0 Å². The molecule has 3 aromatic heterocycles. The zero-order valence-corrected chi connectivity index (χ0v) is 12.6. The molecular weight excluding hydrogens is 272 g/mol. The normalized spacial score (nSPS) is 11.2. The maximum Gasteiger partial charge on any atom is 0.137 e. The number of nitrogens with one attached hydrogen (secondary N) is 1. The molecule has 0 saturated heterocycles. The first-order chi connectivity index (χ1) is 10.7. The van der Waals surface area contributed by atoms with Gasteiger partial charge in [0.15, 0.2) is 0 Å². The molecule has 22 heavy (non-hydrogen) atoms. The molecule has 3 heterocycles. The van der Waals surface area contributed by atoms with Crippen LogP contribution < -0.4 is 0 Å². The Morgan fingerprint density at radius 2 is 1.91 bits per heavy atom. The number of pyridine rings is 1. The van der Waals surface area contributed by atoms with Crippen molar-refractivity contribution < 1.29 is 4.42 Å². The maximum absolute atomic E-state index is 5.20. The van der Waals surface area contributed by atoms with Crippen LogP contribution in [0.3, 0.4) is 0 Å². The average molecular weight is 288 g/mol.